The number of hydrogen-bond acceptors (Lipinski definition) is 13. The van der Waals surface area contributed by atoms with Crippen LogP contribution in [0.1, 0.15) is 6.92 Å². The van der Waals surface area contributed by atoms with Crippen molar-refractivity contribution in [2.75, 3.05) is 6.61 Å². The molecular formula is C15H25N3O13. The molecule has 0 aromatic rings. The molecule has 2 heterocycles. The molecular weight excluding hydrogens is 430 g/mol. The fourth-order valence-corrected chi connectivity index (χ4v) is 3.30. The normalized spacial score (nSPS) is 40.7. The maximum atomic E-state index is 11.5. The quantitative estimate of drug-likeness (QED) is 0.132. The van der Waals surface area contributed by atoms with E-state index < -0.39 is 85.9 Å². The maximum absolute atomic E-state index is 11.5. The van der Waals surface area contributed by atoms with Gasteiger partial charge in [0.2, 0.25) is 18.1 Å². The highest BCUT2D eigenvalue weighted by atomic mass is 17.1. The van der Waals surface area contributed by atoms with E-state index in [2.05, 4.69) is 10.2 Å². The number of primary amides is 2. The van der Waals surface area contributed by atoms with Gasteiger partial charge in [0, 0.05) is 6.92 Å². The van der Waals surface area contributed by atoms with Crippen molar-refractivity contribution in [2.45, 2.75) is 68.3 Å². The summed E-state index contributed by atoms with van der Waals surface area (Å²) >= 11 is 0. The number of nitrogens with two attached hydrogens (primary N) is 2. The van der Waals surface area contributed by atoms with Gasteiger partial charge in [-0.15, -0.1) is 0 Å². The Bertz CT molecular complexity index is 666. The SMILES string of the molecule is CC(=O)N[C@H]1C(O)[C@H](O)C(CO)O[C@H]1OC1C(OO)OC(C(N)=O)[C@@H](O)[C@@H]1OC(N)=O. The standard InChI is InChI=1S/C15H25N3O13/c1-3(20)18-5-7(22)6(21)4(2-19)27-13(5)29-11-9(30-15(17)25)8(23)10(12(16)24)28-14(11)31-26/h4-11,13-14,19,21-23,26H,2H2,1H3,(H2,16,24)(H2,17,25)(H,18,20)/t4?,5-,6+,7?,8-,9-,10?,11?,13-,14?/m0/s1. The Morgan fingerprint density at radius 2 is 1.65 bits per heavy atom. The Hall–Kier alpha value is -2.15. The van der Waals surface area contributed by atoms with E-state index in [0.29, 0.717) is 0 Å². The van der Waals surface area contributed by atoms with Gasteiger partial charge in [0.05, 0.1) is 6.61 Å². The van der Waals surface area contributed by atoms with Crippen molar-refractivity contribution in [3.8, 4) is 0 Å². The summed E-state index contributed by atoms with van der Waals surface area (Å²) in [5, 5.41) is 51.6. The van der Waals surface area contributed by atoms with Gasteiger partial charge in [-0.05, 0) is 0 Å². The molecule has 0 aromatic carbocycles. The van der Waals surface area contributed by atoms with Crippen molar-refractivity contribution < 1.29 is 63.9 Å². The molecule has 31 heavy (non-hydrogen) atoms. The van der Waals surface area contributed by atoms with Gasteiger partial charge in [0.1, 0.15) is 30.5 Å². The molecule has 0 saturated carbocycles. The molecule has 2 rings (SSSR count). The number of aliphatic hydroxyl groups is 4. The number of hydrogen-bond donors (Lipinski definition) is 8. The summed E-state index contributed by atoms with van der Waals surface area (Å²) in [4.78, 5) is 38.4. The van der Waals surface area contributed by atoms with E-state index in [1.807, 2.05) is 0 Å². The molecule has 10 N–H and O–H groups in total. The van der Waals surface area contributed by atoms with Crippen molar-refractivity contribution in [3.63, 3.8) is 0 Å². The molecule has 2 saturated heterocycles. The molecule has 2 fully saturated rings. The first-order valence-corrected chi connectivity index (χ1v) is 8.96. The van der Waals surface area contributed by atoms with E-state index >= 15 is 0 Å². The van der Waals surface area contributed by atoms with Gasteiger partial charge in [-0.1, -0.05) is 0 Å². The Morgan fingerprint density at radius 1 is 1.00 bits per heavy atom. The van der Waals surface area contributed by atoms with Crippen molar-refractivity contribution in [3.05, 3.63) is 0 Å². The zero-order valence-electron chi connectivity index (χ0n) is 16.1. The minimum Gasteiger partial charge on any atom is -0.440 e. The van der Waals surface area contributed by atoms with Gasteiger partial charge in [-0.3, -0.25) is 9.59 Å². The van der Waals surface area contributed by atoms with Crippen molar-refractivity contribution in [1.82, 2.24) is 5.32 Å². The number of carbonyl (C=O) groups excluding carboxylic acids is 3. The topological polar surface area (TPSA) is 263 Å². The second kappa shape index (κ2) is 10.4. The van der Waals surface area contributed by atoms with Crippen LogP contribution in [0.2, 0.25) is 0 Å². The summed E-state index contributed by atoms with van der Waals surface area (Å²) in [7, 11) is 0. The van der Waals surface area contributed by atoms with E-state index in [4.69, 9.17) is 30.4 Å². The van der Waals surface area contributed by atoms with Crippen molar-refractivity contribution >= 4 is 17.9 Å². The average Bonchev–Trinajstić information content (AvgIpc) is 2.69. The summed E-state index contributed by atoms with van der Waals surface area (Å²) < 4.78 is 20.7. The molecule has 178 valence electrons. The number of rotatable bonds is 7. The van der Waals surface area contributed by atoms with E-state index in [9.17, 15) is 40.1 Å². The third-order valence-electron chi connectivity index (χ3n) is 4.70. The summed E-state index contributed by atoms with van der Waals surface area (Å²) in [6, 6.07) is -1.44. The molecule has 2 aliphatic heterocycles. The molecule has 0 spiro atoms. The highest BCUT2D eigenvalue weighted by Gasteiger charge is 2.54. The second-order valence-electron chi connectivity index (χ2n) is 6.86. The van der Waals surface area contributed by atoms with Crippen LogP contribution in [0, 0.1) is 0 Å². The van der Waals surface area contributed by atoms with Crippen LogP contribution in [0.15, 0.2) is 0 Å². The Labute approximate surface area is 174 Å². The van der Waals surface area contributed by atoms with Gasteiger partial charge in [-0.2, -0.15) is 0 Å². The molecule has 0 aliphatic carbocycles. The van der Waals surface area contributed by atoms with Crippen LogP contribution in [0.3, 0.4) is 0 Å². The predicted octanol–water partition coefficient (Wildman–Crippen LogP) is -5.16. The minimum absolute atomic E-state index is 0.662. The van der Waals surface area contributed by atoms with E-state index in [1.54, 1.807) is 0 Å². The molecule has 16 nitrogen and oxygen atoms in total. The molecule has 2 aliphatic rings. The lowest BCUT2D eigenvalue weighted by Gasteiger charge is -2.46. The Kier molecular flexibility index (Phi) is 8.46. The lowest BCUT2D eigenvalue weighted by molar-refractivity contribution is -0.417. The Balaban J connectivity index is 2.37. The third kappa shape index (κ3) is 5.56. The average molecular weight is 455 g/mol. The largest absolute Gasteiger partial charge is 0.440 e. The van der Waals surface area contributed by atoms with Crippen LogP contribution in [-0.2, 0) is 33.4 Å². The minimum atomic E-state index is -1.94. The molecule has 16 heteroatoms. The van der Waals surface area contributed by atoms with Crippen LogP contribution in [0.5, 0.6) is 0 Å². The lowest BCUT2D eigenvalue weighted by Crippen LogP contribution is -2.68. The zero-order valence-corrected chi connectivity index (χ0v) is 16.1. The van der Waals surface area contributed by atoms with Crippen LogP contribution < -0.4 is 16.8 Å². The van der Waals surface area contributed by atoms with E-state index in [-0.39, 0.29) is 0 Å². The number of aliphatic hydroxyl groups excluding tert-OH is 4. The van der Waals surface area contributed by atoms with Crippen LogP contribution >= 0.6 is 0 Å². The number of nitrogens with one attached hydrogen (secondary N) is 1. The summed E-state index contributed by atoms with van der Waals surface area (Å²) in [6.07, 6.45) is -17.0. The first-order chi connectivity index (χ1) is 14.5. The summed E-state index contributed by atoms with van der Waals surface area (Å²) in [5.74, 6) is -1.86. The zero-order chi connectivity index (χ0) is 23.5. The lowest BCUT2D eigenvalue weighted by atomic mass is 9.95. The van der Waals surface area contributed by atoms with Gasteiger partial charge < -0.3 is 56.2 Å². The monoisotopic (exact) mass is 455 g/mol. The van der Waals surface area contributed by atoms with Gasteiger partial charge in [0.25, 0.3) is 0 Å². The molecule has 0 bridgehead atoms. The van der Waals surface area contributed by atoms with Crippen LogP contribution in [0.25, 0.3) is 0 Å². The summed E-state index contributed by atoms with van der Waals surface area (Å²) in [6.45, 7) is 0.331. The molecule has 0 radical (unpaired) electrons. The highest BCUT2D eigenvalue weighted by Crippen LogP contribution is 2.31. The second-order valence-corrected chi connectivity index (χ2v) is 6.86. The van der Waals surface area contributed by atoms with E-state index in [0.717, 1.165) is 6.92 Å². The first-order valence-electron chi connectivity index (χ1n) is 8.96. The highest BCUT2D eigenvalue weighted by molar-refractivity contribution is 5.80. The van der Waals surface area contributed by atoms with Crippen LogP contribution in [0.4, 0.5) is 4.79 Å². The van der Waals surface area contributed by atoms with Gasteiger partial charge in [0.15, 0.2) is 24.6 Å². The molecule has 0 aromatic heterocycles. The number of amides is 3. The number of carbonyl (C=O) groups is 3. The van der Waals surface area contributed by atoms with E-state index in [1.165, 1.54) is 0 Å². The summed E-state index contributed by atoms with van der Waals surface area (Å²) in [5.41, 5.74) is 10.1. The maximum Gasteiger partial charge on any atom is 0.404 e. The van der Waals surface area contributed by atoms with Crippen molar-refractivity contribution in [2.24, 2.45) is 11.5 Å². The molecule has 10 atom stereocenters. The third-order valence-corrected chi connectivity index (χ3v) is 4.70. The fourth-order valence-electron chi connectivity index (χ4n) is 3.30. The molecule has 5 unspecified atom stereocenters. The van der Waals surface area contributed by atoms with Gasteiger partial charge >= 0.3 is 6.09 Å². The molecule has 3 amide bonds. The van der Waals surface area contributed by atoms with Crippen molar-refractivity contribution in [1.29, 1.82) is 0 Å². The first kappa shape index (κ1) is 25.1. The Morgan fingerprint density at radius 3 is 2.13 bits per heavy atom. The van der Waals surface area contributed by atoms with Gasteiger partial charge in [-0.25, -0.2) is 14.9 Å². The van der Waals surface area contributed by atoms with Crippen LogP contribution in [-0.4, -0.2) is 112 Å². The fraction of sp³-hybridized carbons (Fsp3) is 0.800. The smallest absolute Gasteiger partial charge is 0.404 e. The predicted molar refractivity (Wildman–Crippen MR) is 92.3 cm³/mol. The number of ether oxygens (including phenoxy) is 4.